The van der Waals surface area contributed by atoms with Crippen LogP contribution in [0.4, 0.5) is 11.4 Å². The Morgan fingerprint density at radius 2 is 1.41 bits per heavy atom. The molecular formula is C25H24N2O3S2. The van der Waals surface area contributed by atoms with Crippen molar-refractivity contribution in [2.45, 2.75) is 16.7 Å². The monoisotopic (exact) mass is 464 g/mol. The van der Waals surface area contributed by atoms with Gasteiger partial charge in [0.05, 0.1) is 16.3 Å². The van der Waals surface area contributed by atoms with E-state index in [2.05, 4.69) is 84.6 Å². The third-order valence-electron chi connectivity index (χ3n) is 5.36. The fraction of sp³-hybridized carbons (Fsp3) is 0.120. The molecule has 0 fully saturated rings. The largest absolute Gasteiger partial charge is 0.342 e. The average Bonchev–Trinajstić information content (AvgIpc) is 3.11. The number of rotatable bonds is 1. The average molecular weight is 465 g/mol. The smallest absolute Gasteiger partial charge is 0.294 e. The van der Waals surface area contributed by atoms with Gasteiger partial charge in [-0.25, -0.2) is 0 Å². The van der Waals surface area contributed by atoms with Gasteiger partial charge in [0.1, 0.15) is 5.03 Å². The van der Waals surface area contributed by atoms with Crippen LogP contribution in [0.15, 0.2) is 99.4 Å². The van der Waals surface area contributed by atoms with E-state index >= 15 is 0 Å². The summed E-state index contributed by atoms with van der Waals surface area (Å²) in [6.45, 7) is 1.84. The van der Waals surface area contributed by atoms with Crippen LogP contribution in [-0.4, -0.2) is 27.1 Å². The van der Waals surface area contributed by atoms with Gasteiger partial charge in [-0.2, -0.15) is 8.42 Å². The Morgan fingerprint density at radius 3 is 2.06 bits per heavy atom. The van der Waals surface area contributed by atoms with Crippen LogP contribution in [0.25, 0.3) is 6.08 Å². The van der Waals surface area contributed by atoms with E-state index in [9.17, 15) is 8.42 Å². The summed E-state index contributed by atoms with van der Waals surface area (Å²) in [5.74, 6) is 0. The molecule has 5 rings (SSSR count). The Kier molecular flexibility index (Phi) is 6.15. The highest BCUT2D eigenvalue weighted by molar-refractivity contribution is 8.03. The molecule has 2 aliphatic rings. The SMILES string of the molecule is CN1/C(=C2/Sc3ccccc3N2C)C=Cc2ccccc21.Cc1ccc(S(=O)(=O)O)cc1. The van der Waals surface area contributed by atoms with Crippen molar-refractivity contribution < 1.29 is 13.0 Å². The van der Waals surface area contributed by atoms with Crippen molar-refractivity contribution in [3.05, 3.63) is 101 Å². The van der Waals surface area contributed by atoms with E-state index in [0.29, 0.717) is 0 Å². The Morgan fingerprint density at radius 1 is 0.781 bits per heavy atom. The van der Waals surface area contributed by atoms with Gasteiger partial charge in [0.2, 0.25) is 0 Å². The van der Waals surface area contributed by atoms with E-state index in [-0.39, 0.29) is 4.90 Å². The molecule has 3 aromatic rings. The van der Waals surface area contributed by atoms with Gasteiger partial charge in [-0.1, -0.05) is 65.9 Å². The number of likely N-dealkylation sites (N-methyl/N-ethyl adjacent to an activating group) is 1. The van der Waals surface area contributed by atoms with E-state index in [4.69, 9.17) is 4.55 Å². The Balaban J connectivity index is 0.000000189. The van der Waals surface area contributed by atoms with Gasteiger partial charge in [0, 0.05) is 24.7 Å². The maximum Gasteiger partial charge on any atom is 0.294 e. The second-order valence-corrected chi connectivity index (χ2v) is 10.0. The van der Waals surface area contributed by atoms with E-state index in [1.807, 2.05) is 18.7 Å². The number of nitrogens with zero attached hydrogens (tertiary/aromatic N) is 2. The topological polar surface area (TPSA) is 60.9 Å². The minimum absolute atomic E-state index is 0.0666. The van der Waals surface area contributed by atoms with Crippen molar-refractivity contribution in [2.24, 2.45) is 0 Å². The molecule has 0 unspecified atom stereocenters. The number of thioether (sulfide) groups is 1. The summed E-state index contributed by atoms with van der Waals surface area (Å²) in [5, 5.41) is 1.28. The molecule has 164 valence electrons. The van der Waals surface area contributed by atoms with E-state index in [1.165, 1.54) is 44.7 Å². The second-order valence-electron chi connectivity index (χ2n) is 7.56. The Labute approximate surface area is 193 Å². The maximum absolute atomic E-state index is 10.5. The lowest BCUT2D eigenvalue weighted by molar-refractivity contribution is 0.483. The normalized spacial score (nSPS) is 16.9. The quantitative estimate of drug-likeness (QED) is 0.459. The number of hydrogen-bond donors (Lipinski definition) is 1. The van der Waals surface area contributed by atoms with Crippen molar-refractivity contribution in [3.8, 4) is 0 Å². The molecule has 5 nitrogen and oxygen atoms in total. The lowest BCUT2D eigenvalue weighted by atomic mass is 10.1. The predicted molar refractivity (Wildman–Crippen MR) is 133 cm³/mol. The predicted octanol–water partition coefficient (Wildman–Crippen LogP) is 5.80. The highest BCUT2D eigenvalue weighted by atomic mass is 32.2. The number of benzene rings is 3. The summed E-state index contributed by atoms with van der Waals surface area (Å²) in [4.78, 5) is 5.82. The molecule has 0 spiro atoms. The summed E-state index contributed by atoms with van der Waals surface area (Å²) < 4.78 is 29.6. The van der Waals surface area contributed by atoms with Gasteiger partial charge >= 0.3 is 0 Å². The molecule has 0 aliphatic carbocycles. The molecule has 0 amide bonds. The molecule has 7 heteroatoms. The van der Waals surface area contributed by atoms with Crippen molar-refractivity contribution in [2.75, 3.05) is 23.9 Å². The van der Waals surface area contributed by atoms with E-state index in [1.54, 1.807) is 12.1 Å². The minimum atomic E-state index is -4.02. The van der Waals surface area contributed by atoms with Crippen molar-refractivity contribution in [1.82, 2.24) is 0 Å². The van der Waals surface area contributed by atoms with Crippen molar-refractivity contribution in [1.29, 1.82) is 0 Å². The van der Waals surface area contributed by atoms with Gasteiger partial charge in [0.15, 0.2) is 0 Å². The Hall–Kier alpha value is -3.00. The summed E-state index contributed by atoms with van der Waals surface area (Å²) in [5.41, 5.74) is 6.01. The van der Waals surface area contributed by atoms with Gasteiger partial charge in [0.25, 0.3) is 10.1 Å². The summed E-state index contributed by atoms with van der Waals surface area (Å²) in [6.07, 6.45) is 4.42. The molecule has 32 heavy (non-hydrogen) atoms. The molecule has 3 aromatic carbocycles. The zero-order valence-electron chi connectivity index (χ0n) is 18.1. The van der Waals surface area contributed by atoms with Gasteiger partial charge < -0.3 is 9.80 Å². The maximum atomic E-state index is 10.5. The third-order valence-corrected chi connectivity index (χ3v) is 7.47. The van der Waals surface area contributed by atoms with Crippen LogP contribution in [0.3, 0.4) is 0 Å². The van der Waals surface area contributed by atoms with Crippen LogP contribution in [0, 0.1) is 6.92 Å². The molecule has 0 radical (unpaired) electrons. The first kappa shape index (κ1) is 22.2. The first-order valence-electron chi connectivity index (χ1n) is 10.1. The summed E-state index contributed by atoms with van der Waals surface area (Å²) in [6, 6.07) is 23.1. The number of allylic oxidation sites excluding steroid dienone is 1. The molecule has 0 atom stereocenters. The standard InChI is InChI=1S/C18H16N2S.C7H8O3S/c1-19-14-8-4-3-7-13(14)11-12-16(19)18-20(2)15-9-5-6-10-17(15)21-18;1-6-2-4-7(5-3-6)11(8,9)10/h3-12H,1-2H3;2-5H,1H3,(H,8,9,10)/b18-16+;. The van der Waals surface area contributed by atoms with Gasteiger partial charge in [-0.3, -0.25) is 4.55 Å². The van der Waals surface area contributed by atoms with Gasteiger partial charge in [-0.05, 0) is 48.9 Å². The van der Waals surface area contributed by atoms with E-state index in [0.717, 1.165) is 5.56 Å². The highest BCUT2D eigenvalue weighted by Gasteiger charge is 2.27. The van der Waals surface area contributed by atoms with Crippen LogP contribution in [0.2, 0.25) is 0 Å². The Bertz CT molecular complexity index is 1310. The molecule has 0 saturated heterocycles. The number of aryl methyl sites for hydroxylation is 1. The van der Waals surface area contributed by atoms with Crippen molar-refractivity contribution in [3.63, 3.8) is 0 Å². The molecule has 0 aromatic heterocycles. The first-order valence-corrected chi connectivity index (χ1v) is 12.3. The number of hydrogen-bond acceptors (Lipinski definition) is 5. The van der Waals surface area contributed by atoms with Crippen LogP contribution in [0.5, 0.6) is 0 Å². The number of fused-ring (bicyclic) bond motifs is 2. The molecule has 2 aliphatic heterocycles. The van der Waals surface area contributed by atoms with Crippen LogP contribution < -0.4 is 9.80 Å². The summed E-state index contributed by atoms with van der Waals surface area (Å²) in [7, 11) is 0.264. The molecule has 1 N–H and O–H groups in total. The van der Waals surface area contributed by atoms with Gasteiger partial charge in [-0.15, -0.1) is 0 Å². The summed E-state index contributed by atoms with van der Waals surface area (Å²) >= 11 is 1.84. The zero-order chi connectivity index (χ0) is 22.9. The molecule has 2 heterocycles. The first-order chi connectivity index (χ1) is 15.3. The fourth-order valence-electron chi connectivity index (χ4n) is 3.60. The van der Waals surface area contributed by atoms with Crippen LogP contribution >= 0.6 is 11.8 Å². The lowest BCUT2D eigenvalue weighted by Crippen LogP contribution is -2.23. The van der Waals surface area contributed by atoms with E-state index < -0.39 is 10.1 Å². The van der Waals surface area contributed by atoms with Crippen LogP contribution in [-0.2, 0) is 10.1 Å². The highest BCUT2D eigenvalue weighted by Crippen LogP contribution is 2.47. The molecule has 0 saturated carbocycles. The minimum Gasteiger partial charge on any atom is -0.342 e. The second kappa shape index (κ2) is 8.86. The van der Waals surface area contributed by atoms with Crippen molar-refractivity contribution >= 4 is 39.3 Å². The third kappa shape index (κ3) is 4.46. The fourth-order valence-corrected chi connectivity index (χ4v) is 5.29. The van der Waals surface area contributed by atoms with Crippen LogP contribution in [0.1, 0.15) is 11.1 Å². The molecular weight excluding hydrogens is 440 g/mol. The number of anilines is 2. The zero-order valence-corrected chi connectivity index (χ0v) is 19.7. The number of para-hydroxylation sites is 2. The molecule has 0 bridgehead atoms. The lowest BCUT2D eigenvalue weighted by Gasteiger charge is -2.29.